The van der Waals surface area contributed by atoms with Gasteiger partial charge in [-0.25, -0.2) is 9.97 Å². The lowest BCUT2D eigenvalue weighted by molar-refractivity contribution is -0.120. The maximum atomic E-state index is 12.0. The minimum Gasteiger partial charge on any atom is -0.497 e. The van der Waals surface area contributed by atoms with E-state index in [4.69, 9.17) is 4.74 Å². The normalized spacial score (nSPS) is 10.5. The number of benzene rings is 2. The summed E-state index contributed by atoms with van der Waals surface area (Å²) in [7, 11) is 1.65. The number of anilines is 1. The summed E-state index contributed by atoms with van der Waals surface area (Å²) in [6, 6.07) is 15.7. The van der Waals surface area contributed by atoms with Crippen molar-refractivity contribution >= 4 is 22.6 Å². The second-order valence-corrected chi connectivity index (χ2v) is 5.86. The number of methoxy groups -OCH3 is 1. The van der Waals surface area contributed by atoms with Crippen molar-refractivity contribution in [2.75, 3.05) is 25.5 Å². The summed E-state index contributed by atoms with van der Waals surface area (Å²) >= 11 is 0. The smallest absolute Gasteiger partial charge is 0.221 e. The minimum atomic E-state index is 0.0179. The fraction of sp³-hybridized carbons (Fsp3) is 0.250. The number of hydrogen-bond donors (Lipinski definition) is 2. The predicted octanol–water partition coefficient (Wildman–Crippen LogP) is 2.80. The van der Waals surface area contributed by atoms with Gasteiger partial charge in [-0.05, 0) is 36.2 Å². The van der Waals surface area contributed by atoms with Crippen LogP contribution in [0.25, 0.3) is 10.9 Å². The molecule has 0 saturated heterocycles. The molecule has 3 rings (SSSR count). The Morgan fingerprint density at radius 2 is 1.85 bits per heavy atom. The number of nitrogens with one attached hydrogen (secondary N) is 2. The molecule has 26 heavy (non-hydrogen) atoms. The molecular formula is C20H22N4O2. The van der Waals surface area contributed by atoms with Crippen LogP contribution < -0.4 is 15.4 Å². The lowest BCUT2D eigenvalue weighted by Crippen LogP contribution is -2.27. The number of ether oxygens (including phenoxy) is 1. The van der Waals surface area contributed by atoms with E-state index in [0.29, 0.717) is 19.5 Å². The molecule has 1 heterocycles. The molecule has 0 bridgehead atoms. The topological polar surface area (TPSA) is 76.1 Å². The van der Waals surface area contributed by atoms with E-state index >= 15 is 0 Å². The zero-order valence-corrected chi connectivity index (χ0v) is 14.7. The highest BCUT2D eigenvalue weighted by molar-refractivity contribution is 5.88. The van der Waals surface area contributed by atoms with Crippen molar-refractivity contribution in [2.24, 2.45) is 0 Å². The molecule has 0 atom stereocenters. The SMILES string of the molecule is COc1ccc(CCNC(=O)CCNc2ncnc3ccccc23)cc1. The molecule has 2 aromatic carbocycles. The van der Waals surface area contributed by atoms with Crippen LogP contribution in [0.4, 0.5) is 5.82 Å². The van der Waals surface area contributed by atoms with Crippen molar-refractivity contribution in [3.63, 3.8) is 0 Å². The van der Waals surface area contributed by atoms with Gasteiger partial charge in [-0.1, -0.05) is 24.3 Å². The number of carbonyl (C=O) groups excluding carboxylic acids is 1. The van der Waals surface area contributed by atoms with Crippen LogP contribution in [-0.4, -0.2) is 36.1 Å². The maximum absolute atomic E-state index is 12.0. The number of aromatic nitrogens is 2. The summed E-state index contributed by atoms with van der Waals surface area (Å²) in [5, 5.41) is 7.11. The highest BCUT2D eigenvalue weighted by Gasteiger charge is 2.05. The summed E-state index contributed by atoms with van der Waals surface area (Å²) in [5.41, 5.74) is 2.05. The summed E-state index contributed by atoms with van der Waals surface area (Å²) in [4.78, 5) is 20.5. The number of rotatable bonds is 8. The van der Waals surface area contributed by atoms with E-state index in [-0.39, 0.29) is 5.91 Å². The molecule has 0 saturated carbocycles. The van der Waals surface area contributed by atoms with Crippen LogP contribution >= 0.6 is 0 Å². The van der Waals surface area contributed by atoms with Crippen molar-refractivity contribution in [2.45, 2.75) is 12.8 Å². The molecule has 1 amide bonds. The summed E-state index contributed by atoms with van der Waals surface area (Å²) < 4.78 is 5.13. The third kappa shape index (κ3) is 4.69. The Balaban J connectivity index is 1.41. The van der Waals surface area contributed by atoms with Crippen LogP contribution in [-0.2, 0) is 11.2 Å². The van der Waals surface area contributed by atoms with Gasteiger partial charge in [-0.2, -0.15) is 0 Å². The first-order valence-corrected chi connectivity index (χ1v) is 8.59. The van der Waals surface area contributed by atoms with Crippen LogP contribution in [0.1, 0.15) is 12.0 Å². The minimum absolute atomic E-state index is 0.0179. The van der Waals surface area contributed by atoms with Crippen molar-refractivity contribution in [1.29, 1.82) is 0 Å². The zero-order chi connectivity index (χ0) is 18.2. The van der Waals surface area contributed by atoms with E-state index < -0.39 is 0 Å². The molecule has 0 aliphatic carbocycles. The van der Waals surface area contributed by atoms with Gasteiger partial charge < -0.3 is 15.4 Å². The molecule has 0 radical (unpaired) electrons. The molecule has 134 valence electrons. The second-order valence-electron chi connectivity index (χ2n) is 5.86. The lowest BCUT2D eigenvalue weighted by atomic mass is 10.1. The van der Waals surface area contributed by atoms with Gasteiger partial charge in [0.05, 0.1) is 12.6 Å². The fourth-order valence-electron chi connectivity index (χ4n) is 2.67. The molecule has 6 nitrogen and oxygen atoms in total. The Labute approximate surface area is 152 Å². The van der Waals surface area contributed by atoms with Gasteiger partial charge in [0.1, 0.15) is 17.9 Å². The Hall–Kier alpha value is -3.15. The molecule has 0 aliphatic rings. The van der Waals surface area contributed by atoms with E-state index in [0.717, 1.165) is 34.5 Å². The van der Waals surface area contributed by atoms with Gasteiger partial charge in [-0.3, -0.25) is 4.79 Å². The van der Waals surface area contributed by atoms with Gasteiger partial charge in [0.2, 0.25) is 5.91 Å². The van der Waals surface area contributed by atoms with Gasteiger partial charge in [-0.15, -0.1) is 0 Å². The zero-order valence-electron chi connectivity index (χ0n) is 14.7. The summed E-state index contributed by atoms with van der Waals surface area (Å²) in [5.74, 6) is 1.60. The van der Waals surface area contributed by atoms with E-state index in [9.17, 15) is 4.79 Å². The maximum Gasteiger partial charge on any atom is 0.221 e. The number of carbonyl (C=O) groups is 1. The highest BCUT2D eigenvalue weighted by atomic mass is 16.5. The Kier molecular flexibility index (Phi) is 5.98. The first-order valence-electron chi connectivity index (χ1n) is 8.59. The van der Waals surface area contributed by atoms with Crippen LogP contribution in [0.3, 0.4) is 0 Å². The number of nitrogens with zero attached hydrogens (tertiary/aromatic N) is 2. The van der Waals surface area contributed by atoms with Crippen molar-refractivity contribution in [1.82, 2.24) is 15.3 Å². The molecule has 1 aromatic heterocycles. The predicted molar refractivity (Wildman–Crippen MR) is 102 cm³/mol. The first kappa shape index (κ1) is 17.7. The summed E-state index contributed by atoms with van der Waals surface area (Å²) in [6.45, 7) is 1.14. The molecule has 0 unspecified atom stereocenters. The number of hydrogen-bond acceptors (Lipinski definition) is 5. The number of fused-ring (bicyclic) bond motifs is 1. The average Bonchev–Trinajstić information content (AvgIpc) is 2.69. The van der Waals surface area contributed by atoms with E-state index in [2.05, 4.69) is 20.6 Å². The molecule has 0 spiro atoms. The number of para-hydroxylation sites is 1. The molecule has 3 aromatic rings. The standard InChI is InChI=1S/C20H22N4O2/c1-26-16-8-6-15(7-9-16)10-12-21-19(25)11-13-22-20-17-4-2-3-5-18(17)23-14-24-20/h2-9,14H,10-13H2,1H3,(H,21,25)(H,22,23,24). The molecule has 6 heteroatoms. The van der Waals surface area contributed by atoms with Crippen LogP contribution in [0.5, 0.6) is 5.75 Å². The first-order chi connectivity index (χ1) is 12.8. The quantitative estimate of drug-likeness (QED) is 0.653. The number of amides is 1. The third-order valence-corrected chi connectivity index (χ3v) is 4.08. The highest BCUT2D eigenvalue weighted by Crippen LogP contribution is 2.18. The lowest BCUT2D eigenvalue weighted by Gasteiger charge is -2.09. The third-order valence-electron chi connectivity index (χ3n) is 4.08. The average molecular weight is 350 g/mol. The van der Waals surface area contributed by atoms with E-state index in [1.54, 1.807) is 7.11 Å². The Morgan fingerprint density at radius 3 is 2.65 bits per heavy atom. The van der Waals surface area contributed by atoms with Gasteiger partial charge >= 0.3 is 0 Å². The Bertz CT molecular complexity index is 860. The van der Waals surface area contributed by atoms with Crippen LogP contribution in [0.2, 0.25) is 0 Å². The van der Waals surface area contributed by atoms with Crippen molar-refractivity contribution in [3.8, 4) is 5.75 Å². The van der Waals surface area contributed by atoms with Crippen molar-refractivity contribution in [3.05, 3.63) is 60.4 Å². The van der Waals surface area contributed by atoms with E-state index in [1.807, 2.05) is 48.5 Å². The monoisotopic (exact) mass is 350 g/mol. The van der Waals surface area contributed by atoms with Crippen LogP contribution in [0.15, 0.2) is 54.9 Å². The fourth-order valence-corrected chi connectivity index (χ4v) is 2.67. The molecule has 0 aliphatic heterocycles. The second kappa shape index (κ2) is 8.80. The molecule has 0 fully saturated rings. The summed E-state index contributed by atoms with van der Waals surface area (Å²) in [6.07, 6.45) is 2.71. The van der Waals surface area contributed by atoms with E-state index in [1.165, 1.54) is 6.33 Å². The van der Waals surface area contributed by atoms with Crippen LogP contribution in [0, 0.1) is 0 Å². The molecule has 2 N–H and O–H groups in total. The molecular weight excluding hydrogens is 328 g/mol. The van der Waals surface area contributed by atoms with Gasteiger partial charge in [0, 0.05) is 24.9 Å². The Morgan fingerprint density at radius 1 is 1.04 bits per heavy atom. The van der Waals surface area contributed by atoms with Crippen molar-refractivity contribution < 1.29 is 9.53 Å². The van der Waals surface area contributed by atoms with Gasteiger partial charge in [0.25, 0.3) is 0 Å². The van der Waals surface area contributed by atoms with Gasteiger partial charge in [0.15, 0.2) is 0 Å². The largest absolute Gasteiger partial charge is 0.497 e.